The maximum absolute atomic E-state index is 12.3. The molecule has 0 aromatic carbocycles. The molecule has 24 heavy (non-hydrogen) atoms. The molecule has 0 saturated carbocycles. The third-order valence-corrected chi connectivity index (χ3v) is 5.31. The molecule has 142 valence electrons. The molecule has 0 aromatic rings. The topological polar surface area (TPSA) is 34.1 Å². The Balaban J connectivity index is 3.58. The van der Waals surface area contributed by atoms with Crippen molar-refractivity contribution in [1.82, 2.24) is 0 Å². The van der Waals surface area contributed by atoms with Gasteiger partial charge in [0.25, 0.3) is 0 Å². The highest BCUT2D eigenvalue weighted by Crippen LogP contribution is 2.21. The Labute approximate surface area is 159 Å². The largest absolute Gasteiger partial charge is 0.298 e. The van der Waals surface area contributed by atoms with Crippen molar-refractivity contribution in [2.75, 3.05) is 0 Å². The van der Waals surface area contributed by atoms with Gasteiger partial charge in [-0.3, -0.25) is 9.59 Å². The number of alkyl halides is 1. The fourth-order valence-electron chi connectivity index (χ4n) is 3.04. The Morgan fingerprint density at radius 3 is 1.83 bits per heavy atom. The summed E-state index contributed by atoms with van der Waals surface area (Å²) in [7, 11) is 0. The van der Waals surface area contributed by atoms with E-state index in [1.807, 2.05) is 0 Å². The van der Waals surface area contributed by atoms with Gasteiger partial charge in [0.05, 0.1) is 5.38 Å². The first-order valence-corrected chi connectivity index (χ1v) is 10.7. The van der Waals surface area contributed by atoms with Gasteiger partial charge >= 0.3 is 0 Å². The molecular formula is C20H36Cl2O2. The molecule has 0 aliphatic rings. The summed E-state index contributed by atoms with van der Waals surface area (Å²) in [6.07, 6.45) is 14.5. The fourth-order valence-corrected chi connectivity index (χ4v) is 3.51. The minimum Gasteiger partial charge on any atom is -0.298 e. The second-order valence-corrected chi connectivity index (χ2v) is 7.79. The predicted octanol–water partition coefficient (Wildman–Crippen LogP) is 7.05. The molecule has 0 spiro atoms. The van der Waals surface area contributed by atoms with Crippen LogP contribution in [0.3, 0.4) is 0 Å². The average molecular weight is 379 g/mol. The highest BCUT2D eigenvalue weighted by atomic mass is 35.5. The maximum Gasteiger partial charge on any atom is 0.221 e. The zero-order valence-corrected chi connectivity index (χ0v) is 17.1. The Morgan fingerprint density at radius 1 is 0.792 bits per heavy atom. The summed E-state index contributed by atoms with van der Waals surface area (Å²) in [5.74, 6) is 0.425. The number of carbonyl (C=O) groups is 2. The van der Waals surface area contributed by atoms with Crippen LogP contribution in [0.5, 0.6) is 0 Å². The second-order valence-electron chi connectivity index (χ2n) is 6.84. The van der Waals surface area contributed by atoms with Gasteiger partial charge < -0.3 is 0 Å². The van der Waals surface area contributed by atoms with Crippen LogP contribution in [-0.2, 0) is 9.59 Å². The summed E-state index contributed by atoms with van der Waals surface area (Å²) in [6, 6.07) is 0. The van der Waals surface area contributed by atoms with E-state index in [1.54, 1.807) is 0 Å². The van der Waals surface area contributed by atoms with E-state index in [0.29, 0.717) is 6.42 Å². The van der Waals surface area contributed by atoms with Crippen molar-refractivity contribution in [3.05, 3.63) is 0 Å². The molecule has 2 nitrogen and oxygen atoms in total. The van der Waals surface area contributed by atoms with Gasteiger partial charge in [0.15, 0.2) is 5.78 Å². The fraction of sp³-hybridized carbons (Fsp3) is 0.900. The van der Waals surface area contributed by atoms with Crippen molar-refractivity contribution >= 4 is 34.2 Å². The van der Waals surface area contributed by atoms with Gasteiger partial charge in [0.2, 0.25) is 5.24 Å². The van der Waals surface area contributed by atoms with E-state index in [4.69, 9.17) is 23.2 Å². The average Bonchev–Trinajstić information content (AvgIpc) is 2.56. The highest BCUT2D eigenvalue weighted by Gasteiger charge is 2.23. The van der Waals surface area contributed by atoms with E-state index in [2.05, 4.69) is 13.8 Å². The van der Waals surface area contributed by atoms with Crippen LogP contribution in [0.25, 0.3) is 0 Å². The molecule has 0 N–H and O–H groups in total. The summed E-state index contributed by atoms with van der Waals surface area (Å²) in [6.45, 7) is 4.25. The molecule has 2 atom stereocenters. The smallest absolute Gasteiger partial charge is 0.221 e. The Morgan fingerprint density at radius 2 is 1.33 bits per heavy atom. The van der Waals surface area contributed by atoms with Crippen LogP contribution < -0.4 is 0 Å². The Hall–Kier alpha value is -0.0800. The third kappa shape index (κ3) is 13.2. The maximum atomic E-state index is 12.3. The van der Waals surface area contributed by atoms with E-state index in [9.17, 15) is 9.59 Å². The van der Waals surface area contributed by atoms with Crippen LogP contribution in [0.15, 0.2) is 0 Å². The molecule has 0 saturated heterocycles. The second kappa shape index (κ2) is 16.4. The van der Waals surface area contributed by atoms with Crippen molar-refractivity contribution in [3.8, 4) is 0 Å². The molecule has 0 amide bonds. The molecule has 0 aromatic heterocycles. The van der Waals surface area contributed by atoms with Gasteiger partial charge in [-0.15, -0.1) is 11.6 Å². The number of Topliss-reactive ketones (excluding diaryl/α,β-unsaturated/α-hetero) is 1. The quantitative estimate of drug-likeness (QED) is 0.154. The normalized spacial score (nSPS) is 13.7. The van der Waals surface area contributed by atoms with E-state index >= 15 is 0 Å². The minimum atomic E-state index is -0.292. The number of hydrogen-bond donors (Lipinski definition) is 0. The lowest BCUT2D eigenvalue weighted by atomic mass is 9.91. The summed E-state index contributed by atoms with van der Waals surface area (Å²) >= 11 is 11.6. The van der Waals surface area contributed by atoms with Crippen molar-refractivity contribution in [2.24, 2.45) is 5.92 Å². The standard InChI is InChI=1S/C20H36Cl2O2/c1-3-5-14-17(4-2)20(24)18(21)15-12-10-8-6-7-9-11-13-16-19(22)23/h17-18H,3-16H2,1-2H3. The summed E-state index contributed by atoms with van der Waals surface area (Å²) in [5, 5.41) is -0.514. The number of carbonyl (C=O) groups excluding carboxylic acids is 2. The van der Waals surface area contributed by atoms with Crippen LogP contribution in [-0.4, -0.2) is 16.4 Å². The van der Waals surface area contributed by atoms with Gasteiger partial charge in [-0.1, -0.05) is 71.6 Å². The van der Waals surface area contributed by atoms with Crippen molar-refractivity contribution in [1.29, 1.82) is 0 Å². The molecule has 0 aliphatic carbocycles. The number of halogens is 2. The van der Waals surface area contributed by atoms with Crippen molar-refractivity contribution in [3.63, 3.8) is 0 Å². The number of hydrogen-bond acceptors (Lipinski definition) is 2. The molecule has 0 bridgehead atoms. The highest BCUT2D eigenvalue weighted by molar-refractivity contribution is 6.63. The molecule has 0 aliphatic heterocycles. The molecule has 2 unspecified atom stereocenters. The van der Waals surface area contributed by atoms with Crippen LogP contribution >= 0.6 is 23.2 Å². The first kappa shape index (κ1) is 23.9. The van der Waals surface area contributed by atoms with Crippen molar-refractivity contribution < 1.29 is 9.59 Å². The minimum absolute atomic E-state index is 0.160. The summed E-state index contributed by atoms with van der Waals surface area (Å²) < 4.78 is 0. The number of rotatable bonds is 17. The molecule has 0 fully saturated rings. The molecule has 0 heterocycles. The van der Waals surface area contributed by atoms with Gasteiger partial charge in [0, 0.05) is 12.3 Å². The lowest BCUT2D eigenvalue weighted by molar-refractivity contribution is -0.123. The van der Waals surface area contributed by atoms with Crippen LogP contribution in [0, 0.1) is 5.92 Å². The molecular weight excluding hydrogens is 343 g/mol. The predicted molar refractivity (Wildman–Crippen MR) is 105 cm³/mol. The number of unbranched alkanes of at least 4 members (excludes halogenated alkanes) is 8. The summed E-state index contributed by atoms with van der Waals surface area (Å²) in [4.78, 5) is 22.9. The SMILES string of the molecule is CCCCC(CC)C(=O)C(Cl)CCCCCCCCCCC(=O)Cl. The first-order chi connectivity index (χ1) is 11.5. The zero-order valence-electron chi connectivity index (χ0n) is 15.6. The van der Waals surface area contributed by atoms with E-state index < -0.39 is 0 Å². The first-order valence-electron chi connectivity index (χ1n) is 9.89. The van der Waals surface area contributed by atoms with Gasteiger partial charge in [-0.05, 0) is 37.3 Å². The van der Waals surface area contributed by atoms with Crippen LogP contribution in [0.1, 0.15) is 104 Å². The van der Waals surface area contributed by atoms with Crippen LogP contribution in [0.4, 0.5) is 0 Å². The zero-order chi connectivity index (χ0) is 18.2. The number of ketones is 1. The van der Waals surface area contributed by atoms with Gasteiger partial charge in [-0.2, -0.15) is 0 Å². The van der Waals surface area contributed by atoms with Gasteiger partial charge in [-0.25, -0.2) is 0 Å². The van der Waals surface area contributed by atoms with Crippen molar-refractivity contribution in [2.45, 2.75) is 109 Å². The van der Waals surface area contributed by atoms with Gasteiger partial charge in [0.1, 0.15) is 0 Å². The van der Waals surface area contributed by atoms with E-state index in [1.165, 1.54) is 25.7 Å². The van der Waals surface area contributed by atoms with E-state index in [-0.39, 0.29) is 22.3 Å². The molecule has 4 heteroatoms. The third-order valence-electron chi connectivity index (χ3n) is 4.69. The lowest BCUT2D eigenvalue weighted by Gasteiger charge is -2.17. The Bertz CT molecular complexity index is 332. The van der Waals surface area contributed by atoms with E-state index in [0.717, 1.165) is 57.8 Å². The lowest BCUT2D eigenvalue weighted by Crippen LogP contribution is -2.24. The summed E-state index contributed by atoms with van der Waals surface area (Å²) in [5.41, 5.74) is 0. The Kier molecular flexibility index (Phi) is 16.3. The molecule has 0 radical (unpaired) electrons. The molecule has 0 rings (SSSR count). The van der Waals surface area contributed by atoms with Crippen LogP contribution in [0.2, 0.25) is 0 Å². The monoisotopic (exact) mass is 378 g/mol.